The zero-order chi connectivity index (χ0) is 20.4. The van der Waals surface area contributed by atoms with E-state index in [0.29, 0.717) is 12.5 Å². The van der Waals surface area contributed by atoms with E-state index in [0.717, 1.165) is 40.4 Å². The van der Waals surface area contributed by atoms with E-state index in [1.54, 1.807) is 11.7 Å². The number of nitrogens with zero attached hydrogens (tertiary/aromatic N) is 1. The number of carboxylic acid groups (broad SMARTS) is 1. The highest BCUT2D eigenvalue weighted by atomic mass is 16.5. The second-order valence-electron chi connectivity index (χ2n) is 7.60. The molecule has 4 rings (SSSR count). The first-order valence-corrected chi connectivity index (χ1v) is 9.84. The van der Waals surface area contributed by atoms with E-state index in [2.05, 4.69) is 0 Å². The van der Waals surface area contributed by atoms with E-state index in [4.69, 9.17) is 9.47 Å². The Kier molecular flexibility index (Phi) is 5.30. The lowest BCUT2D eigenvalue weighted by Gasteiger charge is -2.10. The van der Waals surface area contributed by atoms with E-state index in [9.17, 15) is 9.90 Å². The Morgan fingerprint density at radius 1 is 1.14 bits per heavy atom. The second-order valence-corrected chi connectivity index (χ2v) is 7.60. The van der Waals surface area contributed by atoms with Gasteiger partial charge in [0.1, 0.15) is 17.2 Å². The molecule has 0 saturated heterocycles. The molecule has 5 nitrogen and oxygen atoms in total. The molecule has 3 aromatic rings. The van der Waals surface area contributed by atoms with E-state index in [-0.39, 0.29) is 5.69 Å². The predicted molar refractivity (Wildman–Crippen MR) is 112 cm³/mol. The minimum absolute atomic E-state index is 0.289. The number of rotatable bonds is 8. The Bertz CT molecular complexity index is 1020. The van der Waals surface area contributed by atoms with Gasteiger partial charge in [-0.2, -0.15) is 0 Å². The molecule has 1 aliphatic rings. The smallest absolute Gasteiger partial charge is 0.353 e. The second kappa shape index (κ2) is 8.03. The van der Waals surface area contributed by atoms with Crippen molar-refractivity contribution < 1.29 is 19.4 Å². The normalized spacial score (nSPS) is 13.3. The molecule has 0 radical (unpaired) electrons. The fourth-order valence-electron chi connectivity index (χ4n) is 3.60. The van der Waals surface area contributed by atoms with Gasteiger partial charge in [0.15, 0.2) is 0 Å². The minimum Gasteiger partial charge on any atom is -0.497 e. The van der Waals surface area contributed by atoms with Gasteiger partial charge in [-0.15, -0.1) is 0 Å². The molecule has 1 heterocycles. The molecule has 29 heavy (non-hydrogen) atoms. The minimum atomic E-state index is -0.940. The van der Waals surface area contributed by atoms with Crippen molar-refractivity contribution in [3.05, 3.63) is 71.5 Å². The third-order valence-corrected chi connectivity index (χ3v) is 5.28. The van der Waals surface area contributed by atoms with Gasteiger partial charge in [-0.3, -0.25) is 0 Å². The number of benzene rings is 2. The monoisotopic (exact) mass is 391 g/mol. The summed E-state index contributed by atoms with van der Waals surface area (Å²) in [7, 11) is 1.62. The first kappa shape index (κ1) is 19.1. The van der Waals surface area contributed by atoms with E-state index in [1.165, 1.54) is 12.8 Å². The van der Waals surface area contributed by atoms with Crippen LogP contribution in [0.5, 0.6) is 11.5 Å². The van der Waals surface area contributed by atoms with Gasteiger partial charge in [-0.1, -0.05) is 24.3 Å². The summed E-state index contributed by atoms with van der Waals surface area (Å²) in [5, 5.41) is 9.94. The van der Waals surface area contributed by atoms with Crippen LogP contribution in [0.2, 0.25) is 0 Å². The van der Waals surface area contributed by atoms with Gasteiger partial charge >= 0.3 is 5.97 Å². The van der Waals surface area contributed by atoms with Gasteiger partial charge in [-0.05, 0) is 66.6 Å². The molecular weight excluding hydrogens is 366 g/mol. The molecule has 1 aromatic heterocycles. The van der Waals surface area contributed by atoms with Crippen molar-refractivity contribution in [2.75, 3.05) is 13.7 Å². The summed E-state index contributed by atoms with van der Waals surface area (Å²) in [5.41, 5.74) is 3.82. The fraction of sp³-hybridized carbons (Fsp3) is 0.292. The number of ether oxygens (including phenoxy) is 2. The fourth-order valence-corrected chi connectivity index (χ4v) is 3.60. The lowest BCUT2D eigenvalue weighted by Crippen LogP contribution is -2.10. The highest BCUT2D eigenvalue weighted by Gasteiger charge is 2.23. The Hall–Kier alpha value is -3.21. The van der Waals surface area contributed by atoms with Crippen LogP contribution in [0.1, 0.15) is 34.5 Å². The van der Waals surface area contributed by atoms with Crippen molar-refractivity contribution >= 4 is 5.97 Å². The Labute approximate surface area is 170 Å². The number of hydrogen-bond donors (Lipinski definition) is 1. The van der Waals surface area contributed by atoms with Gasteiger partial charge in [0.2, 0.25) is 0 Å². The molecule has 0 bridgehead atoms. The summed E-state index contributed by atoms with van der Waals surface area (Å²) in [6.45, 7) is 3.17. The van der Waals surface area contributed by atoms with Crippen molar-refractivity contribution in [3.63, 3.8) is 0 Å². The zero-order valence-electron chi connectivity index (χ0n) is 16.7. The van der Waals surface area contributed by atoms with Crippen LogP contribution < -0.4 is 9.47 Å². The SMILES string of the molecule is COc1cccc(Cn2cc(C)c(-c3ccc(OCC4CC4)cc3)c2C(=O)O)c1. The van der Waals surface area contributed by atoms with Crippen LogP contribution in [0.4, 0.5) is 0 Å². The molecule has 0 unspecified atom stereocenters. The van der Waals surface area contributed by atoms with Gasteiger partial charge in [0, 0.05) is 18.3 Å². The van der Waals surface area contributed by atoms with Crippen LogP contribution in [0.3, 0.4) is 0 Å². The molecule has 0 amide bonds. The van der Waals surface area contributed by atoms with E-state index in [1.807, 2.05) is 61.7 Å². The van der Waals surface area contributed by atoms with Crippen LogP contribution in [0.15, 0.2) is 54.7 Å². The number of hydrogen-bond acceptors (Lipinski definition) is 3. The summed E-state index contributed by atoms with van der Waals surface area (Å²) in [6, 6.07) is 15.4. The number of aryl methyl sites for hydroxylation is 1. The molecule has 0 atom stereocenters. The van der Waals surface area contributed by atoms with Gasteiger partial charge in [0.05, 0.1) is 13.7 Å². The number of aromatic carboxylic acids is 1. The van der Waals surface area contributed by atoms with Crippen molar-refractivity contribution in [2.24, 2.45) is 5.92 Å². The maximum absolute atomic E-state index is 12.1. The number of methoxy groups -OCH3 is 1. The molecule has 0 aliphatic heterocycles. The van der Waals surface area contributed by atoms with Crippen LogP contribution in [0.25, 0.3) is 11.1 Å². The van der Waals surface area contributed by atoms with Crippen LogP contribution in [0, 0.1) is 12.8 Å². The van der Waals surface area contributed by atoms with E-state index >= 15 is 0 Å². The molecule has 1 N–H and O–H groups in total. The molecule has 150 valence electrons. The molecule has 1 saturated carbocycles. The maximum atomic E-state index is 12.1. The standard InChI is InChI=1S/C24H25NO4/c1-16-13-25(14-18-4-3-5-21(12-18)28-2)23(24(26)27)22(16)19-8-10-20(11-9-19)29-15-17-6-7-17/h3-5,8-13,17H,6-7,14-15H2,1-2H3,(H,26,27). The van der Waals surface area contributed by atoms with Crippen LogP contribution in [-0.4, -0.2) is 29.4 Å². The Balaban J connectivity index is 1.63. The van der Waals surface area contributed by atoms with Crippen molar-refractivity contribution in [1.82, 2.24) is 4.57 Å². The van der Waals surface area contributed by atoms with Gasteiger partial charge < -0.3 is 19.1 Å². The number of carboxylic acids is 1. The third kappa shape index (κ3) is 4.29. The lowest BCUT2D eigenvalue weighted by atomic mass is 10.0. The zero-order valence-corrected chi connectivity index (χ0v) is 16.7. The van der Waals surface area contributed by atoms with Crippen LogP contribution >= 0.6 is 0 Å². The van der Waals surface area contributed by atoms with Crippen LogP contribution in [-0.2, 0) is 6.54 Å². The van der Waals surface area contributed by atoms with Crippen molar-refractivity contribution in [2.45, 2.75) is 26.3 Å². The van der Waals surface area contributed by atoms with E-state index < -0.39 is 5.97 Å². The Morgan fingerprint density at radius 2 is 1.90 bits per heavy atom. The average molecular weight is 391 g/mol. The summed E-state index contributed by atoms with van der Waals surface area (Å²) >= 11 is 0. The van der Waals surface area contributed by atoms with Gasteiger partial charge in [0.25, 0.3) is 0 Å². The highest BCUT2D eigenvalue weighted by molar-refractivity contribution is 5.96. The predicted octanol–water partition coefficient (Wildman–Crippen LogP) is 5.01. The van der Waals surface area contributed by atoms with Gasteiger partial charge in [-0.25, -0.2) is 4.79 Å². The highest BCUT2D eigenvalue weighted by Crippen LogP contribution is 2.33. The Morgan fingerprint density at radius 3 is 2.55 bits per heavy atom. The molecule has 2 aromatic carbocycles. The topological polar surface area (TPSA) is 60.7 Å². The molecule has 1 fully saturated rings. The largest absolute Gasteiger partial charge is 0.497 e. The summed E-state index contributed by atoms with van der Waals surface area (Å²) < 4.78 is 12.9. The lowest BCUT2D eigenvalue weighted by molar-refractivity contribution is 0.0686. The maximum Gasteiger partial charge on any atom is 0.353 e. The first-order chi connectivity index (χ1) is 14.0. The molecule has 5 heteroatoms. The summed E-state index contributed by atoms with van der Waals surface area (Å²) in [4.78, 5) is 12.1. The first-order valence-electron chi connectivity index (χ1n) is 9.84. The molecule has 0 spiro atoms. The number of carbonyl (C=O) groups is 1. The van der Waals surface area contributed by atoms with Crippen molar-refractivity contribution in [3.8, 4) is 22.6 Å². The third-order valence-electron chi connectivity index (χ3n) is 5.28. The average Bonchev–Trinajstić information content (AvgIpc) is 3.49. The summed E-state index contributed by atoms with van der Waals surface area (Å²) in [6.07, 6.45) is 4.40. The molecular formula is C24H25NO4. The quantitative estimate of drug-likeness (QED) is 0.586. The summed E-state index contributed by atoms with van der Waals surface area (Å²) in [5.74, 6) is 1.34. The molecule has 1 aliphatic carbocycles. The number of aromatic nitrogens is 1. The van der Waals surface area contributed by atoms with Crippen molar-refractivity contribution in [1.29, 1.82) is 0 Å².